The molecule has 2 fully saturated rings. The van der Waals surface area contributed by atoms with E-state index in [1.807, 2.05) is 84.0 Å². The molecule has 0 aliphatic carbocycles. The number of benzene rings is 3. The molecule has 3 aromatic carbocycles. The lowest BCUT2D eigenvalue weighted by atomic mass is 9.85. The van der Waals surface area contributed by atoms with Crippen molar-refractivity contribution in [2.24, 2.45) is 5.41 Å². The van der Waals surface area contributed by atoms with Crippen LogP contribution in [0.1, 0.15) is 61.6 Å². The quantitative estimate of drug-likeness (QED) is 0.0302. The summed E-state index contributed by atoms with van der Waals surface area (Å²) in [5, 5.41) is 15.9. The van der Waals surface area contributed by atoms with Crippen LogP contribution in [-0.4, -0.2) is 146 Å². The number of ether oxygens (including phenoxy) is 6. The Hall–Kier alpha value is -6.02. The van der Waals surface area contributed by atoms with E-state index in [4.69, 9.17) is 35.0 Å². The molecule has 74 heavy (non-hydrogen) atoms. The molecule has 20 heteroatoms. The van der Waals surface area contributed by atoms with E-state index < -0.39 is 35.4 Å². The topological polar surface area (TPSA) is 209 Å². The van der Waals surface area contributed by atoms with Gasteiger partial charge < -0.3 is 49.1 Å². The molecule has 2 aliphatic rings. The van der Waals surface area contributed by atoms with E-state index in [1.165, 1.54) is 9.80 Å². The second-order valence-corrected chi connectivity index (χ2v) is 20.7. The van der Waals surface area contributed by atoms with Crippen molar-refractivity contribution in [2.75, 3.05) is 79.2 Å². The summed E-state index contributed by atoms with van der Waals surface area (Å²) in [5.41, 5.74) is 6.98. The van der Waals surface area contributed by atoms with Gasteiger partial charge in [0.05, 0.1) is 86.5 Å². The minimum absolute atomic E-state index is 0.0265. The molecule has 6 rings (SSSR count). The maximum atomic E-state index is 13.9. The summed E-state index contributed by atoms with van der Waals surface area (Å²) in [5.74, 6) is -0.400. The Morgan fingerprint density at radius 1 is 0.865 bits per heavy atom. The van der Waals surface area contributed by atoms with Crippen molar-refractivity contribution in [1.82, 2.24) is 25.4 Å². The summed E-state index contributed by atoms with van der Waals surface area (Å²) in [7, 11) is 0. The number of carbonyl (C=O) groups is 5. The van der Waals surface area contributed by atoms with Gasteiger partial charge in [0.1, 0.15) is 30.2 Å². The van der Waals surface area contributed by atoms with Crippen molar-refractivity contribution in [2.45, 2.75) is 79.1 Å². The number of rotatable bonds is 27. The van der Waals surface area contributed by atoms with Gasteiger partial charge >= 0.3 is 0 Å². The smallest absolute Gasteiger partial charge is 0.293 e. The molecule has 3 heterocycles. The summed E-state index contributed by atoms with van der Waals surface area (Å²) in [4.78, 5) is 77.7. The third-order valence-electron chi connectivity index (χ3n) is 12.0. The van der Waals surface area contributed by atoms with Gasteiger partial charge in [0.15, 0.2) is 5.69 Å². The number of carbonyl (C=O) groups excluding carboxylic acids is 5. The molecule has 396 valence electrons. The van der Waals surface area contributed by atoms with Crippen molar-refractivity contribution in [1.29, 1.82) is 0 Å². The van der Waals surface area contributed by atoms with E-state index in [2.05, 4.69) is 20.5 Å². The summed E-state index contributed by atoms with van der Waals surface area (Å²) < 4.78 is 34.0. The summed E-state index contributed by atoms with van der Waals surface area (Å²) in [6, 6.07) is 16.7. The molecular weight excluding hydrogens is 989 g/mol. The first-order chi connectivity index (χ1) is 35.5. The molecule has 18 nitrogen and oxygen atoms in total. The number of aliphatic hydroxyl groups excluding tert-OH is 1. The van der Waals surface area contributed by atoms with Crippen LogP contribution in [0.2, 0.25) is 0 Å². The molecule has 5 amide bonds. The normalized spacial score (nSPS) is 16.7. The van der Waals surface area contributed by atoms with Crippen LogP contribution in [0.5, 0.6) is 11.5 Å². The molecule has 0 saturated carbocycles. The first-order valence-corrected chi connectivity index (χ1v) is 26.2. The second-order valence-electron chi connectivity index (χ2n) is 18.8. The Bertz CT molecular complexity index is 2650. The van der Waals surface area contributed by atoms with Gasteiger partial charge in [0.25, 0.3) is 11.1 Å². The fraction of sp³-hybridized carbons (Fsp3) is 0.463. The highest BCUT2D eigenvalue weighted by Gasteiger charge is 2.44. The van der Waals surface area contributed by atoms with Crippen molar-refractivity contribution >= 4 is 63.7 Å². The van der Waals surface area contributed by atoms with Crippen LogP contribution in [0.15, 0.2) is 71.1 Å². The molecule has 3 N–H and O–H groups in total. The lowest BCUT2D eigenvalue weighted by Gasteiger charge is -2.35. The van der Waals surface area contributed by atoms with E-state index >= 15 is 0 Å². The summed E-state index contributed by atoms with van der Waals surface area (Å²) in [6.45, 7) is 21.2. The zero-order chi connectivity index (χ0) is 53.2. The molecule has 1 aromatic heterocycles. The van der Waals surface area contributed by atoms with Crippen LogP contribution in [0.4, 0.5) is 10.5 Å². The minimum atomic E-state index is -0.976. The number of nitrogens with zero attached hydrogens (tertiary/aromatic N) is 4. The van der Waals surface area contributed by atoms with Gasteiger partial charge in [-0.15, -0.1) is 11.3 Å². The lowest BCUT2D eigenvalue weighted by molar-refractivity contribution is -0.144. The average molecular weight is 1060 g/mol. The van der Waals surface area contributed by atoms with Gasteiger partial charge in [-0.1, -0.05) is 57.2 Å². The highest BCUT2D eigenvalue weighted by atomic mass is 32.2. The third kappa shape index (κ3) is 16.7. The number of thioether (sulfide) groups is 1. The first-order valence-electron chi connectivity index (χ1n) is 24.5. The maximum absolute atomic E-state index is 13.9. The SMILES string of the molecule is [C-]#[N+]c1ccc(Oc2ccc(/C=C3\SC(=O)N(CCOCCOCCCOCCOCCOCC(=O)N[C@H](C(=O)N4C[C@H](O)C[C@H]4C(=O)NCc4ccc(-c5scnc5C)cc4)C(C)(C)C)C3=O)cc2C)c(C)c1. The Morgan fingerprint density at radius 3 is 2.12 bits per heavy atom. The molecule has 3 atom stereocenters. The predicted molar refractivity (Wildman–Crippen MR) is 282 cm³/mol. The highest BCUT2D eigenvalue weighted by molar-refractivity contribution is 8.18. The standard InChI is InChI=1S/C54H66N6O12S2/c1-35-27-39(11-15-44(35)72-45-16-14-41(55-7)28-36(45)2)29-46-51(64)59(53(66)74-46)17-20-69-23-21-67-18-8-19-68-22-24-70-25-26-71-33-47(62)58-49(54(4,5)6)52(65)60-32-42(61)30-43(60)50(63)56-31-38-9-12-40(13-10-38)48-37(3)57-34-73-48/h9-16,27-29,34,42-43,49,61H,8,17-26,30-33H2,1-6H3,(H,56,63)(H,58,62)/b46-29-/t42-,43+,49-/m1/s1. The van der Waals surface area contributed by atoms with E-state index in [0.717, 1.165) is 50.2 Å². The van der Waals surface area contributed by atoms with Gasteiger partial charge in [-0.3, -0.25) is 28.9 Å². The molecule has 2 saturated heterocycles. The number of amides is 5. The summed E-state index contributed by atoms with van der Waals surface area (Å²) in [6.07, 6.45) is 1.55. The predicted octanol–water partition coefficient (Wildman–Crippen LogP) is 7.40. The number of aryl methyl sites for hydroxylation is 3. The van der Waals surface area contributed by atoms with E-state index in [9.17, 15) is 29.1 Å². The molecule has 0 bridgehead atoms. The first kappa shape index (κ1) is 57.3. The van der Waals surface area contributed by atoms with Crippen molar-refractivity contribution < 1.29 is 57.5 Å². The minimum Gasteiger partial charge on any atom is -0.457 e. The van der Waals surface area contributed by atoms with Gasteiger partial charge in [0.2, 0.25) is 17.7 Å². The van der Waals surface area contributed by atoms with Gasteiger partial charge in [-0.25, -0.2) is 9.83 Å². The van der Waals surface area contributed by atoms with Gasteiger partial charge in [-0.05, 0) is 103 Å². The molecule has 0 radical (unpaired) electrons. The van der Waals surface area contributed by atoms with Crippen molar-refractivity contribution in [3.63, 3.8) is 0 Å². The van der Waals surface area contributed by atoms with Crippen LogP contribution in [0.25, 0.3) is 21.4 Å². The Balaban J connectivity index is 0.770. The number of thiazole rings is 1. The molecule has 2 aliphatic heterocycles. The molecular formula is C54H66N6O12S2. The van der Waals surface area contributed by atoms with E-state index in [-0.39, 0.29) is 69.5 Å². The average Bonchev–Trinajstić information content (AvgIpc) is 4.06. The fourth-order valence-corrected chi connectivity index (χ4v) is 9.66. The Labute approximate surface area is 440 Å². The van der Waals surface area contributed by atoms with Crippen molar-refractivity contribution in [3.8, 4) is 21.9 Å². The van der Waals surface area contributed by atoms with Gasteiger partial charge in [0, 0.05) is 32.7 Å². The van der Waals surface area contributed by atoms with Crippen LogP contribution in [0.3, 0.4) is 0 Å². The van der Waals surface area contributed by atoms with Gasteiger partial charge in [-0.2, -0.15) is 0 Å². The van der Waals surface area contributed by atoms with E-state index in [0.29, 0.717) is 68.2 Å². The monoisotopic (exact) mass is 1050 g/mol. The number of imide groups is 1. The molecule has 4 aromatic rings. The number of likely N-dealkylation sites (tertiary alicyclic amines) is 1. The van der Waals surface area contributed by atoms with E-state index in [1.54, 1.807) is 41.1 Å². The number of β-amino-alcohol motifs (C(OH)–C–C–N with tert-alkyl or cyclic N) is 1. The number of aliphatic hydroxyl groups is 1. The zero-order valence-corrected chi connectivity index (χ0v) is 44.4. The number of aromatic nitrogens is 1. The number of hydrogen-bond acceptors (Lipinski definition) is 15. The number of hydrogen-bond donors (Lipinski definition) is 3. The lowest BCUT2D eigenvalue weighted by Crippen LogP contribution is -2.58. The van der Waals surface area contributed by atoms with Crippen LogP contribution < -0.4 is 15.4 Å². The van der Waals surface area contributed by atoms with Crippen LogP contribution >= 0.6 is 23.1 Å². The third-order valence-corrected chi connectivity index (χ3v) is 13.9. The Kier molecular flexibility index (Phi) is 21.7. The fourth-order valence-electron chi connectivity index (χ4n) is 7.99. The zero-order valence-electron chi connectivity index (χ0n) is 42.8. The molecule has 0 spiro atoms. The second kappa shape index (κ2) is 28.0. The van der Waals surface area contributed by atoms with Crippen LogP contribution in [0, 0.1) is 32.8 Å². The van der Waals surface area contributed by atoms with Crippen LogP contribution in [-0.2, 0) is 49.4 Å². The Morgan fingerprint density at radius 2 is 1.50 bits per heavy atom. The van der Waals surface area contributed by atoms with Crippen molar-refractivity contribution in [3.05, 3.63) is 110 Å². The molecule has 0 unspecified atom stereocenters. The largest absolute Gasteiger partial charge is 0.457 e. The summed E-state index contributed by atoms with van der Waals surface area (Å²) >= 11 is 2.46. The number of nitrogens with one attached hydrogen (secondary N) is 2. The highest BCUT2D eigenvalue weighted by Crippen LogP contribution is 2.35. The maximum Gasteiger partial charge on any atom is 0.293 e.